The van der Waals surface area contributed by atoms with Crippen LogP contribution in [0.3, 0.4) is 0 Å². The van der Waals surface area contributed by atoms with Crippen molar-refractivity contribution < 1.29 is 0 Å². The molecule has 2 heteroatoms. The maximum Gasteiger partial charge on any atom is 0.0541 e. The van der Waals surface area contributed by atoms with Gasteiger partial charge in [-0.1, -0.05) is 158 Å². The third-order valence-electron chi connectivity index (χ3n) is 12.5. The quantitative estimate of drug-likeness (QED) is 0.166. The Balaban J connectivity index is 0.963. The topological polar surface area (TPSA) is 9.86 Å². The van der Waals surface area contributed by atoms with Gasteiger partial charge in [0, 0.05) is 38.8 Å². The lowest BCUT2D eigenvalue weighted by molar-refractivity contribution is 0.795. The van der Waals surface area contributed by atoms with Crippen LogP contribution >= 0.6 is 0 Å². The fourth-order valence-electron chi connectivity index (χ4n) is 9.90. The van der Waals surface area contributed by atoms with Gasteiger partial charge in [-0.15, -0.1) is 0 Å². The molecular weight excluding hydrogens is 701 g/mol. The molecule has 0 saturated carbocycles. The molecule has 58 heavy (non-hydrogen) atoms. The predicted molar refractivity (Wildman–Crippen MR) is 243 cm³/mol. The molecule has 1 aliphatic rings. The molecule has 1 aliphatic carbocycles. The second-order valence-electron chi connectivity index (χ2n) is 15.6. The Morgan fingerprint density at radius 2 is 0.828 bits per heavy atom. The molecule has 1 unspecified atom stereocenters. The zero-order valence-corrected chi connectivity index (χ0v) is 31.9. The molecule has 0 fully saturated rings. The summed E-state index contributed by atoms with van der Waals surface area (Å²) in [5, 5.41) is 5.10. The summed E-state index contributed by atoms with van der Waals surface area (Å²) >= 11 is 0. The summed E-state index contributed by atoms with van der Waals surface area (Å²) in [7, 11) is 0. The van der Waals surface area contributed by atoms with Gasteiger partial charge in [0.2, 0.25) is 0 Å². The Labute approximate surface area is 337 Å². The van der Waals surface area contributed by atoms with Crippen molar-refractivity contribution in [2.24, 2.45) is 0 Å². The molecule has 2 nitrogen and oxygen atoms in total. The molecule has 11 aromatic rings. The molecule has 9 aromatic carbocycles. The van der Waals surface area contributed by atoms with Gasteiger partial charge in [-0.2, -0.15) is 0 Å². The Hall–Kier alpha value is -7.42. The van der Waals surface area contributed by atoms with Crippen LogP contribution in [-0.2, 0) is 6.42 Å². The Bertz CT molecular complexity index is 3310. The maximum absolute atomic E-state index is 2.44. The molecular formula is C56H38N2. The molecule has 0 saturated heterocycles. The summed E-state index contributed by atoms with van der Waals surface area (Å²) in [6.07, 6.45) is 0.958. The number of nitrogens with zero attached hydrogens (tertiary/aromatic N) is 2. The van der Waals surface area contributed by atoms with Gasteiger partial charge in [-0.05, 0) is 111 Å². The first-order chi connectivity index (χ1) is 28.8. The zero-order chi connectivity index (χ0) is 38.2. The van der Waals surface area contributed by atoms with Crippen LogP contribution < -0.4 is 0 Å². The number of rotatable bonds is 5. The molecule has 0 N–H and O–H groups in total. The number of aromatic nitrogens is 2. The molecule has 272 valence electrons. The van der Waals surface area contributed by atoms with E-state index in [1.165, 1.54) is 99.4 Å². The molecule has 2 aromatic heterocycles. The van der Waals surface area contributed by atoms with Crippen LogP contribution in [0.15, 0.2) is 212 Å². The lowest BCUT2D eigenvalue weighted by atomic mass is 9.74. The standard InChI is InChI=1S/C56H38N2/c1-2-14-37(15-3-1)39-28-33-56-52(34-39)49-22-10-13-25-55(49)57(56)41-29-26-38(27-30-41)43-17-6-7-19-45(43)50-35-40-16-4-5-18-44(40)51-36-42(31-32-46(50)51)58-53-23-11-8-20-47(53)48-21-9-12-24-54(48)58/h1-34,36,50H,35H2. The summed E-state index contributed by atoms with van der Waals surface area (Å²) in [5.74, 6) is 0.212. The smallest absolute Gasteiger partial charge is 0.0541 e. The van der Waals surface area contributed by atoms with Crippen LogP contribution in [0.2, 0.25) is 0 Å². The first-order valence-corrected chi connectivity index (χ1v) is 20.3. The number of benzene rings is 9. The van der Waals surface area contributed by atoms with Crippen molar-refractivity contribution in [1.29, 1.82) is 0 Å². The number of hydrogen-bond acceptors (Lipinski definition) is 0. The minimum absolute atomic E-state index is 0.212. The van der Waals surface area contributed by atoms with Crippen LogP contribution in [0.4, 0.5) is 0 Å². The van der Waals surface area contributed by atoms with E-state index in [0.29, 0.717) is 0 Å². The first kappa shape index (κ1) is 32.8. The lowest BCUT2D eigenvalue weighted by Crippen LogP contribution is -2.14. The van der Waals surface area contributed by atoms with Crippen molar-refractivity contribution in [1.82, 2.24) is 9.13 Å². The van der Waals surface area contributed by atoms with Gasteiger partial charge < -0.3 is 9.13 Å². The highest BCUT2D eigenvalue weighted by Gasteiger charge is 2.28. The van der Waals surface area contributed by atoms with Gasteiger partial charge in [-0.3, -0.25) is 0 Å². The van der Waals surface area contributed by atoms with E-state index in [1.807, 2.05) is 0 Å². The van der Waals surface area contributed by atoms with E-state index in [-0.39, 0.29) is 5.92 Å². The van der Waals surface area contributed by atoms with Gasteiger partial charge in [-0.25, -0.2) is 0 Å². The highest BCUT2D eigenvalue weighted by atomic mass is 15.0. The minimum Gasteiger partial charge on any atom is -0.309 e. The van der Waals surface area contributed by atoms with Gasteiger partial charge in [0.1, 0.15) is 0 Å². The fourth-order valence-corrected chi connectivity index (χ4v) is 9.90. The van der Waals surface area contributed by atoms with Crippen LogP contribution in [0, 0.1) is 0 Å². The highest BCUT2D eigenvalue weighted by molar-refractivity contribution is 6.11. The molecule has 0 aliphatic heterocycles. The van der Waals surface area contributed by atoms with Gasteiger partial charge in [0.25, 0.3) is 0 Å². The van der Waals surface area contributed by atoms with Crippen molar-refractivity contribution in [3.8, 4) is 44.8 Å². The van der Waals surface area contributed by atoms with E-state index in [2.05, 4.69) is 221 Å². The van der Waals surface area contributed by atoms with Crippen molar-refractivity contribution in [3.05, 3.63) is 229 Å². The highest BCUT2D eigenvalue weighted by Crippen LogP contribution is 2.47. The summed E-state index contributed by atoms with van der Waals surface area (Å²) in [6, 6.07) is 78.4. The monoisotopic (exact) mass is 738 g/mol. The summed E-state index contributed by atoms with van der Waals surface area (Å²) in [6.45, 7) is 0. The van der Waals surface area contributed by atoms with Crippen LogP contribution in [0.1, 0.15) is 22.6 Å². The van der Waals surface area contributed by atoms with E-state index < -0.39 is 0 Å². The maximum atomic E-state index is 2.44. The summed E-state index contributed by atoms with van der Waals surface area (Å²) in [5.41, 5.74) is 19.0. The lowest BCUT2D eigenvalue weighted by Gasteiger charge is -2.30. The van der Waals surface area contributed by atoms with E-state index in [1.54, 1.807) is 0 Å². The Morgan fingerprint density at radius 3 is 1.55 bits per heavy atom. The molecule has 0 spiro atoms. The third kappa shape index (κ3) is 5.05. The van der Waals surface area contributed by atoms with E-state index in [9.17, 15) is 0 Å². The second-order valence-corrected chi connectivity index (χ2v) is 15.6. The largest absolute Gasteiger partial charge is 0.309 e. The molecule has 12 rings (SSSR count). The normalized spacial score (nSPS) is 13.6. The van der Waals surface area contributed by atoms with Gasteiger partial charge in [0.05, 0.1) is 22.1 Å². The molecule has 2 heterocycles. The molecule has 1 atom stereocenters. The SMILES string of the molecule is c1ccc(-c2ccc3c(c2)c2ccccc2n3-c2ccc(-c3ccccc3C3Cc4ccccc4-c4cc(-n5c6ccccc6c6ccccc65)ccc43)cc2)cc1. The number of fused-ring (bicyclic) bond motifs is 9. The Morgan fingerprint density at radius 1 is 0.310 bits per heavy atom. The minimum atomic E-state index is 0.212. The average Bonchev–Trinajstić information content (AvgIpc) is 3.82. The van der Waals surface area contributed by atoms with Crippen LogP contribution in [0.5, 0.6) is 0 Å². The predicted octanol–water partition coefficient (Wildman–Crippen LogP) is 14.6. The second kappa shape index (κ2) is 13.1. The van der Waals surface area contributed by atoms with Gasteiger partial charge >= 0.3 is 0 Å². The third-order valence-corrected chi connectivity index (χ3v) is 12.5. The van der Waals surface area contributed by atoms with Crippen molar-refractivity contribution in [2.45, 2.75) is 12.3 Å². The summed E-state index contributed by atoms with van der Waals surface area (Å²) in [4.78, 5) is 0. The van der Waals surface area contributed by atoms with Crippen molar-refractivity contribution in [3.63, 3.8) is 0 Å². The van der Waals surface area contributed by atoms with Crippen molar-refractivity contribution >= 4 is 43.6 Å². The number of hydrogen-bond donors (Lipinski definition) is 0. The fraction of sp³-hybridized carbons (Fsp3) is 0.0357. The van der Waals surface area contributed by atoms with E-state index >= 15 is 0 Å². The molecule has 0 radical (unpaired) electrons. The van der Waals surface area contributed by atoms with E-state index in [4.69, 9.17) is 0 Å². The van der Waals surface area contributed by atoms with Crippen LogP contribution in [0.25, 0.3) is 88.4 Å². The zero-order valence-electron chi connectivity index (χ0n) is 31.9. The molecule has 0 amide bonds. The molecule has 0 bridgehead atoms. The average molecular weight is 739 g/mol. The number of para-hydroxylation sites is 3. The van der Waals surface area contributed by atoms with E-state index in [0.717, 1.165) is 12.1 Å². The summed E-state index contributed by atoms with van der Waals surface area (Å²) < 4.78 is 4.85. The van der Waals surface area contributed by atoms with Gasteiger partial charge in [0.15, 0.2) is 0 Å². The first-order valence-electron chi connectivity index (χ1n) is 20.3. The van der Waals surface area contributed by atoms with Crippen LogP contribution in [-0.4, -0.2) is 9.13 Å². The van der Waals surface area contributed by atoms with Crippen molar-refractivity contribution in [2.75, 3.05) is 0 Å². The Kier molecular flexibility index (Phi) is 7.39.